The maximum atomic E-state index is 13.6. The van der Waals surface area contributed by atoms with Crippen molar-refractivity contribution in [2.24, 2.45) is 7.05 Å². The molecule has 1 aromatic heterocycles. The van der Waals surface area contributed by atoms with Crippen molar-refractivity contribution in [1.82, 2.24) is 9.88 Å². The number of hydrogen-bond acceptors (Lipinski definition) is 3. The minimum Gasteiger partial charge on any atom is -0.376 e. The fourth-order valence-electron chi connectivity index (χ4n) is 3.33. The van der Waals surface area contributed by atoms with Crippen LogP contribution < -0.4 is 10.6 Å². The third-order valence-corrected chi connectivity index (χ3v) is 4.66. The van der Waals surface area contributed by atoms with Crippen molar-refractivity contribution in [3.8, 4) is 0 Å². The first-order chi connectivity index (χ1) is 11.2. The summed E-state index contributed by atoms with van der Waals surface area (Å²) < 4.78 is 20.9. The number of nitrogens with one attached hydrogen (secondary N) is 2. The van der Waals surface area contributed by atoms with E-state index in [9.17, 15) is 4.39 Å². The Balaban J connectivity index is 1.72. The predicted octanol–water partition coefficient (Wildman–Crippen LogP) is 3.75. The zero-order chi connectivity index (χ0) is 17.5. The van der Waals surface area contributed by atoms with E-state index in [4.69, 9.17) is 4.74 Å². The number of halogens is 1. The van der Waals surface area contributed by atoms with E-state index in [1.165, 1.54) is 0 Å². The Morgan fingerprint density at radius 3 is 2.67 bits per heavy atom. The molecule has 2 N–H and O–H groups in total. The van der Waals surface area contributed by atoms with Crippen LogP contribution in [-0.2, 0) is 11.8 Å². The molecule has 1 atom stereocenters. The molecule has 130 valence electrons. The quantitative estimate of drug-likeness (QED) is 0.863. The summed E-state index contributed by atoms with van der Waals surface area (Å²) in [4.78, 5) is 0. The molecule has 0 bridgehead atoms. The van der Waals surface area contributed by atoms with E-state index in [2.05, 4.69) is 43.3 Å². The minimum absolute atomic E-state index is 0.00487. The first kappa shape index (κ1) is 16.8. The highest BCUT2D eigenvalue weighted by molar-refractivity contribution is 5.65. The Bertz CT molecular complexity index is 727. The third kappa shape index (κ3) is 3.26. The van der Waals surface area contributed by atoms with Crippen LogP contribution in [0.3, 0.4) is 0 Å². The third-order valence-electron chi connectivity index (χ3n) is 4.66. The largest absolute Gasteiger partial charge is 0.376 e. The van der Waals surface area contributed by atoms with Crippen molar-refractivity contribution in [1.29, 1.82) is 0 Å². The number of nitrogens with zero attached hydrogens (tertiary/aromatic N) is 1. The zero-order valence-corrected chi connectivity index (χ0v) is 14.9. The number of allylic oxidation sites excluding steroid dienone is 2. The first-order valence-corrected chi connectivity index (χ1v) is 8.25. The van der Waals surface area contributed by atoms with E-state index in [1.807, 2.05) is 17.7 Å². The number of ether oxygens (including phenoxy) is 1. The van der Waals surface area contributed by atoms with Gasteiger partial charge in [0.05, 0.1) is 41.4 Å². The lowest BCUT2D eigenvalue weighted by atomic mass is 9.89. The highest BCUT2D eigenvalue weighted by atomic mass is 19.1. The van der Waals surface area contributed by atoms with E-state index in [0.717, 1.165) is 30.3 Å². The van der Waals surface area contributed by atoms with Crippen LogP contribution in [0, 0.1) is 0 Å². The summed E-state index contributed by atoms with van der Waals surface area (Å²) in [6, 6.07) is 2.08. The molecule has 2 heterocycles. The summed E-state index contributed by atoms with van der Waals surface area (Å²) in [5.41, 5.74) is 3.21. The van der Waals surface area contributed by atoms with Gasteiger partial charge in [-0.05, 0) is 44.9 Å². The Morgan fingerprint density at radius 2 is 2.08 bits per heavy atom. The molecular weight excluding hydrogens is 305 g/mol. The number of aryl methyl sites for hydroxylation is 1. The normalized spacial score (nSPS) is 25.4. The summed E-state index contributed by atoms with van der Waals surface area (Å²) in [6.07, 6.45) is 6.21. The summed E-state index contributed by atoms with van der Waals surface area (Å²) in [7, 11) is 2.00. The van der Waals surface area contributed by atoms with E-state index >= 15 is 0 Å². The molecule has 2 aliphatic rings. The van der Waals surface area contributed by atoms with Crippen molar-refractivity contribution in [3.05, 3.63) is 48.1 Å². The van der Waals surface area contributed by atoms with E-state index < -0.39 is 0 Å². The van der Waals surface area contributed by atoms with Crippen LogP contribution in [0.15, 0.2) is 42.4 Å². The van der Waals surface area contributed by atoms with Crippen LogP contribution in [0.1, 0.15) is 32.9 Å². The summed E-state index contributed by atoms with van der Waals surface area (Å²) in [6.45, 7) is 11.6. The second kappa shape index (κ2) is 5.81. The van der Waals surface area contributed by atoms with Gasteiger partial charge in [-0.3, -0.25) is 0 Å². The maximum Gasteiger partial charge on any atom is 0.122 e. The smallest absolute Gasteiger partial charge is 0.122 e. The minimum atomic E-state index is -0.331. The number of hydrogen-bond donors (Lipinski definition) is 2. The lowest BCUT2D eigenvalue weighted by molar-refractivity contribution is -0.0318. The van der Waals surface area contributed by atoms with Crippen molar-refractivity contribution in [2.45, 2.75) is 38.3 Å². The van der Waals surface area contributed by atoms with Gasteiger partial charge in [0.1, 0.15) is 5.83 Å². The molecule has 1 aromatic rings. The van der Waals surface area contributed by atoms with E-state index in [0.29, 0.717) is 12.0 Å². The molecule has 1 saturated heterocycles. The SMILES string of the molecule is C=C(NC1(C)C=C(C)C(F)=CC1)c1cc(NC2(C)COC2)cn1C. The summed E-state index contributed by atoms with van der Waals surface area (Å²) in [5.74, 6) is -0.138. The molecule has 4 nitrogen and oxygen atoms in total. The standard InChI is InChI=1S/C19H26FN3O/c1-13-9-18(3,7-6-16(13)20)21-14(2)17-8-15(10-23(17)5)22-19(4)11-24-12-19/h6,8-10,21-22H,2,7,11-12H2,1,3-5H3. The molecule has 0 amide bonds. The van der Waals surface area contributed by atoms with Crippen LogP contribution in [0.2, 0.25) is 0 Å². The van der Waals surface area contributed by atoms with Gasteiger partial charge in [0.25, 0.3) is 0 Å². The van der Waals surface area contributed by atoms with Gasteiger partial charge in [0.15, 0.2) is 0 Å². The molecule has 1 unspecified atom stereocenters. The molecule has 0 saturated carbocycles. The Kier molecular flexibility index (Phi) is 4.08. The Hall–Kier alpha value is -2.01. The molecule has 5 heteroatoms. The Labute approximate surface area is 143 Å². The van der Waals surface area contributed by atoms with Crippen molar-refractivity contribution in [2.75, 3.05) is 18.5 Å². The lowest BCUT2D eigenvalue weighted by Crippen LogP contribution is -2.53. The predicted molar refractivity (Wildman–Crippen MR) is 96.4 cm³/mol. The molecule has 24 heavy (non-hydrogen) atoms. The summed E-state index contributed by atoms with van der Waals surface area (Å²) >= 11 is 0. The highest BCUT2D eigenvalue weighted by Gasteiger charge is 2.33. The molecule has 1 aliphatic carbocycles. The van der Waals surface area contributed by atoms with Gasteiger partial charge in [-0.15, -0.1) is 0 Å². The van der Waals surface area contributed by atoms with Crippen LogP contribution in [0.5, 0.6) is 0 Å². The second-order valence-electron chi connectivity index (χ2n) is 7.51. The monoisotopic (exact) mass is 331 g/mol. The topological polar surface area (TPSA) is 38.2 Å². The van der Waals surface area contributed by atoms with Gasteiger partial charge in [0.2, 0.25) is 0 Å². The molecule has 0 aromatic carbocycles. The van der Waals surface area contributed by atoms with E-state index in [1.54, 1.807) is 13.0 Å². The molecule has 3 rings (SSSR count). The van der Waals surface area contributed by atoms with Crippen LogP contribution in [-0.4, -0.2) is 28.9 Å². The molecular formula is C19H26FN3O. The fourth-order valence-corrected chi connectivity index (χ4v) is 3.33. The second-order valence-corrected chi connectivity index (χ2v) is 7.51. The molecule has 1 aliphatic heterocycles. The van der Waals surface area contributed by atoms with Gasteiger partial charge >= 0.3 is 0 Å². The van der Waals surface area contributed by atoms with Gasteiger partial charge < -0.3 is 19.9 Å². The molecule has 0 spiro atoms. The Morgan fingerprint density at radius 1 is 1.38 bits per heavy atom. The number of rotatable bonds is 5. The van der Waals surface area contributed by atoms with Gasteiger partial charge in [0, 0.05) is 13.2 Å². The van der Waals surface area contributed by atoms with Crippen LogP contribution >= 0.6 is 0 Å². The number of anilines is 1. The van der Waals surface area contributed by atoms with Crippen molar-refractivity contribution in [3.63, 3.8) is 0 Å². The zero-order valence-electron chi connectivity index (χ0n) is 14.9. The lowest BCUT2D eigenvalue weighted by Gasteiger charge is -2.39. The van der Waals surface area contributed by atoms with Crippen molar-refractivity contribution >= 4 is 11.4 Å². The highest BCUT2D eigenvalue weighted by Crippen LogP contribution is 2.30. The van der Waals surface area contributed by atoms with Crippen LogP contribution in [0.4, 0.5) is 10.1 Å². The fraction of sp³-hybridized carbons (Fsp3) is 0.474. The first-order valence-electron chi connectivity index (χ1n) is 8.25. The number of aromatic nitrogens is 1. The van der Waals surface area contributed by atoms with Crippen molar-refractivity contribution < 1.29 is 9.13 Å². The van der Waals surface area contributed by atoms with Gasteiger partial charge in [-0.25, -0.2) is 4.39 Å². The van der Waals surface area contributed by atoms with Gasteiger partial charge in [-0.1, -0.05) is 12.7 Å². The molecule has 1 fully saturated rings. The average molecular weight is 331 g/mol. The van der Waals surface area contributed by atoms with Gasteiger partial charge in [-0.2, -0.15) is 0 Å². The average Bonchev–Trinajstić information content (AvgIpc) is 2.82. The van der Waals surface area contributed by atoms with E-state index in [-0.39, 0.29) is 16.9 Å². The maximum absolute atomic E-state index is 13.6. The van der Waals surface area contributed by atoms with Crippen LogP contribution in [0.25, 0.3) is 5.70 Å². The summed E-state index contributed by atoms with van der Waals surface area (Å²) in [5, 5.41) is 6.96. The molecule has 0 radical (unpaired) electrons.